The Morgan fingerprint density at radius 2 is 2.04 bits per heavy atom. The van der Waals surface area contributed by atoms with Gasteiger partial charge in [-0.3, -0.25) is 14.7 Å². The average molecular weight is 381 g/mol. The van der Waals surface area contributed by atoms with Gasteiger partial charge in [-0.15, -0.1) is 0 Å². The molecule has 2 aromatic rings. The summed E-state index contributed by atoms with van der Waals surface area (Å²) >= 11 is 0. The van der Waals surface area contributed by atoms with Crippen LogP contribution in [0.4, 0.5) is 4.79 Å². The zero-order valence-corrected chi connectivity index (χ0v) is 14.8. The van der Waals surface area contributed by atoms with Gasteiger partial charge in [-0.2, -0.15) is 0 Å². The van der Waals surface area contributed by atoms with Crippen LogP contribution in [-0.4, -0.2) is 51.0 Å². The van der Waals surface area contributed by atoms with E-state index < -0.39 is 36.5 Å². The van der Waals surface area contributed by atoms with Gasteiger partial charge >= 0.3 is 19.1 Å². The maximum Gasteiger partial charge on any atom is 0.547 e. The van der Waals surface area contributed by atoms with Crippen LogP contribution in [0, 0.1) is 0 Å². The monoisotopic (exact) mass is 381 g/mol. The second kappa shape index (κ2) is 6.34. The van der Waals surface area contributed by atoms with Crippen molar-refractivity contribution >= 4 is 25.0 Å². The summed E-state index contributed by atoms with van der Waals surface area (Å²) in [6.45, 7) is 1.58. The number of amides is 3. The summed E-state index contributed by atoms with van der Waals surface area (Å²) in [5.41, 5.74) is -0.339. The van der Waals surface area contributed by atoms with E-state index in [1.165, 1.54) is 18.5 Å². The van der Waals surface area contributed by atoms with Gasteiger partial charge in [0.1, 0.15) is 11.3 Å². The number of benzene rings is 1. The molecule has 0 bridgehead atoms. The molecular formula is C18H16BN3O6. The smallest absolute Gasteiger partial charge is 0.534 e. The number of carbonyl (C=O) groups excluding carboxylic acids is 2. The van der Waals surface area contributed by atoms with Crippen molar-refractivity contribution in [2.45, 2.75) is 24.8 Å². The lowest BCUT2D eigenvalue weighted by atomic mass is 9.71. The van der Waals surface area contributed by atoms with Gasteiger partial charge in [-0.25, -0.2) is 9.59 Å². The van der Waals surface area contributed by atoms with Crippen molar-refractivity contribution in [3.05, 3.63) is 59.4 Å². The molecule has 0 aliphatic carbocycles. The number of aromatic carboxylic acids is 1. The zero-order chi connectivity index (χ0) is 20.1. The number of hydrogen-bond acceptors (Lipinski definition) is 6. The number of imide groups is 1. The molecule has 2 atom stereocenters. The molecule has 142 valence electrons. The van der Waals surface area contributed by atoms with Crippen LogP contribution in [0.2, 0.25) is 0 Å². The molecule has 1 unspecified atom stereocenters. The summed E-state index contributed by atoms with van der Waals surface area (Å²) in [7, 11) is -1.55. The van der Waals surface area contributed by atoms with Crippen LogP contribution in [0.5, 0.6) is 5.75 Å². The maximum atomic E-state index is 13.1. The van der Waals surface area contributed by atoms with Crippen molar-refractivity contribution in [1.29, 1.82) is 0 Å². The van der Waals surface area contributed by atoms with Gasteiger partial charge in [0.05, 0.1) is 11.5 Å². The molecule has 0 spiro atoms. The number of urea groups is 1. The van der Waals surface area contributed by atoms with Gasteiger partial charge in [-0.05, 0) is 42.7 Å². The summed E-state index contributed by atoms with van der Waals surface area (Å²) in [6.07, 6.45) is 3.11. The molecular weight excluding hydrogens is 365 g/mol. The van der Waals surface area contributed by atoms with E-state index in [9.17, 15) is 24.5 Å². The first-order valence-electron chi connectivity index (χ1n) is 8.59. The number of rotatable bonds is 3. The Morgan fingerprint density at radius 3 is 2.71 bits per heavy atom. The van der Waals surface area contributed by atoms with Crippen LogP contribution >= 0.6 is 0 Å². The first-order chi connectivity index (χ1) is 13.3. The summed E-state index contributed by atoms with van der Waals surface area (Å²) in [5, 5.41) is 22.4. The number of carboxylic acids is 1. The second-order valence-electron chi connectivity index (χ2n) is 6.85. The van der Waals surface area contributed by atoms with Crippen molar-refractivity contribution in [2.75, 3.05) is 0 Å². The number of nitrogens with one attached hydrogen (secondary N) is 1. The molecule has 3 N–H and O–H groups in total. The van der Waals surface area contributed by atoms with Gasteiger partial charge in [-0.1, -0.05) is 12.1 Å². The predicted octanol–water partition coefficient (Wildman–Crippen LogP) is 0.570. The molecule has 2 aliphatic rings. The van der Waals surface area contributed by atoms with Crippen molar-refractivity contribution in [2.24, 2.45) is 0 Å². The molecule has 4 rings (SSSR count). The van der Waals surface area contributed by atoms with E-state index in [-0.39, 0.29) is 17.7 Å². The van der Waals surface area contributed by atoms with Gasteiger partial charge < -0.3 is 20.1 Å². The van der Waals surface area contributed by atoms with E-state index in [4.69, 9.17) is 4.65 Å². The lowest BCUT2D eigenvalue weighted by molar-refractivity contribution is -0.132. The molecule has 0 saturated carbocycles. The number of carboxylic acid groups (broad SMARTS) is 1. The Kier molecular flexibility index (Phi) is 4.08. The normalized spacial score (nSPS) is 23.9. The molecule has 10 heteroatoms. The van der Waals surface area contributed by atoms with Crippen molar-refractivity contribution in [1.82, 2.24) is 15.2 Å². The third kappa shape index (κ3) is 2.61. The van der Waals surface area contributed by atoms with E-state index in [1.807, 2.05) is 0 Å². The van der Waals surface area contributed by atoms with Gasteiger partial charge in [0.2, 0.25) is 0 Å². The van der Waals surface area contributed by atoms with E-state index in [0.717, 1.165) is 4.90 Å². The lowest BCUT2D eigenvalue weighted by Gasteiger charge is -2.33. The summed E-state index contributed by atoms with van der Waals surface area (Å²) in [4.78, 5) is 42.0. The Balaban J connectivity index is 1.68. The highest BCUT2D eigenvalue weighted by molar-refractivity contribution is 6.47. The van der Waals surface area contributed by atoms with Crippen LogP contribution < -0.4 is 9.97 Å². The van der Waals surface area contributed by atoms with Crippen molar-refractivity contribution in [3.8, 4) is 5.75 Å². The lowest BCUT2D eigenvalue weighted by Crippen LogP contribution is -2.56. The third-order valence-corrected chi connectivity index (χ3v) is 5.14. The number of pyridine rings is 1. The molecule has 28 heavy (non-hydrogen) atoms. The Hall–Kier alpha value is -3.40. The molecule has 2 aliphatic heterocycles. The molecule has 1 aromatic heterocycles. The average Bonchev–Trinajstić information content (AvgIpc) is 2.91. The number of fused-ring (bicyclic) bond motifs is 1. The van der Waals surface area contributed by atoms with Gasteiger partial charge in [0.15, 0.2) is 0 Å². The minimum absolute atomic E-state index is 0.0442. The van der Waals surface area contributed by atoms with Crippen LogP contribution in [-0.2, 0) is 16.8 Å². The fourth-order valence-electron chi connectivity index (χ4n) is 3.64. The molecule has 1 saturated heterocycles. The standard InChI is InChI=1S/C18H16BN3O6/c1-18(11-5-7-20-8-6-11)16(25)22(17(26)21-18)13-9-10-3-2-4-12(15(23)24)14(10)28-19(13)27/h2-8,13,27H,9H2,1H3,(H,21,26)(H,23,24)/t13-,18?/m0/s1. The highest BCUT2D eigenvalue weighted by Gasteiger charge is 2.55. The summed E-state index contributed by atoms with van der Waals surface area (Å²) < 4.78 is 5.41. The van der Waals surface area contributed by atoms with Crippen LogP contribution in [0.25, 0.3) is 0 Å². The molecule has 3 amide bonds. The third-order valence-electron chi connectivity index (χ3n) is 5.14. The molecule has 9 nitrogen and oxygen atoms in total. The first-order valence-corrected chi connectivity index (χ1v) is 8.59. The van der Waals surface area contributed by atoms with Gasteiger partial charge in [0.25, 0.3) is 5.91 Å². The summed E-state index contributed by atoms with van der Waals surface area (Å²) in [6, 6.07) is 7.15. The first kappa shape index (κ1) is 18.0. The van der Waals surface area contributed by atoms with E-state index in [2.05, 4.69) is 10.3 Å². The Morgan fingerprint density at radius 1 is 1.32 bits per heavy atom. The van der Waals surface area contributed by atoms with E-state index >= 15 is 0 Å². The number of carbonyl (C=O) groups is 3. The number of aromatic nitrogens is 1. The van der Waals surface area contributed by atoms with E-state index in [1.54, 1.807) is 31.2 Å². The largest absolute Gasteiger partial charge is 0.547 e. The SMILES string of the molecule is CC1(c2ccncc2)NC(=O)N([C@H]2Cc3cccc(C(=O)O)c3OB2O)C1=O. The second-order valence-corrected chi connectivity index (χ2v) is 6.85. The minimum atomic E-state index is -1.55. The Labute approximate surface area is 160 Å². The van der Waals surface area contributed by atoms with Crippen LogP contribution in [0.1, 0.15) is 28.4 Å². The quantitative estimate of drug-likeness (QED) is 0.524. The number of para-hydroxylation sites is 1. The van der Waals surface area contributed by atoms with Gasteiger partial charge in [0, 0.05) is 12.4 Å². The molecule has 0 radical (unpaired) electrons. The summed E-state index contributed by atoms with van der Waals surface area (Å²) in [5.74, 6) is -2.67. The van der Waals surface area contributed by atoms with Crippen molar-refractivity contribution in [3.63, 3.8) is 0 Å². The van der Waals surface area contributed by atoms with Crippen LogP contribution in [0.3, 0.4) is 0 Å². The van der Waals surface area contributed by atoms with E-state index in [0.29, 0.717) is 11.1 Å². The van der Waals surface area contributed by atoms with Crippen molar-refractivity contribution < 1.29 is 29.2 Å². The van der Waals surface area contributed by atoms with Crippen LogP contribution in [0.15, 0.2) is 42.7 Å². The highest BCUT2D eigenvalue weighted by Crippen LogP contribution is 2.35. The topological polar surface area (TPSA) is 129 Å². The predicted molar refractivity (Wildman–Crippen MR) is 96.5 cm³/mol. The fourth-order valence-corrected chi connectivity index (χ4v) is 3.64. The highest BCUT2D eigenvalue weighted by atomic mass is 16.5. The Bertz CT molecular complexity index is 985. The zero-order valence-electron chi connectivity index (χ0n) is 14.8. The maximum absolute atomic E-state index is 13.1. The fraction of sp³-hybridized carbons (Fsp3) is 0.222. The minimum Gasteiger partial charge on any atom is -0.534 e. The molecule has 1 aromatic carbocycles. The number of nitrogens with zero attached hydrogens (tertiary/aromatic N) is 2. The molecule has 1 fully saturated rings. The molecule has 3 heterocycles. The number of hydrogen-bond donors (Lipinski definition) is 3.